The third-order valence-corrected chi connectivity index (χ3v) is 7.21. The van der Waals surface area contributed by atoms with Gasteiger partial charge < -0.3 is 10.7 Å². The number of unbranched alkanes of at least 4 members (excludes halogenated alkanes) is 14. The Morgan fingerprint density at radius 1 is 0.675 bits per heavy atom. The minimum atomic E-state index is 0. The second-order valence-corrected chi connectivity index (χ2v) is 11.0. The number of hydrogen-bond acceptors (Lipinski definition) is 2. The molecule has 0 bridgehead atoms. The van der Waals surface area contributed by atoms with Crippen molar-refractivity contribution in [2.75, 3.05) is 0 Å². The van der Waals surface area contributed by atoms with Crippen LogP contribution in [-0.4, -0.2) is 11.8 Å². The van der Waals surface area contributed by atoms with E-state index in [0.717, 1.165) is 37.7 Å². The van der Waals surface area contributed by atoms with E-state index in [1.807, 2.05) is 13.8 Å². The molecule has 0 rings (SSSR count). The lowest BCUT2D eigenvalue weighted by Gasteiger charge is -2.15. The van der Waals surface area contributed by atoms with Crippen LogP contribution < -0.4 is 5.32 Å². The molecule has 0 radical (unpaired) electrons. The summed E-state index contributed by atoms with van der Waals surface area (Å²) < 4.78 is 0. The largest absolute Gasteiger partial charge is 0.386 e. The van der Waals surface area contributed by atoms with Crippen LogP contribution in [0.25, 0.3) is 0 Å². The van der Waals surface area contributed by atoms with Crippen molar-refractivity contribution in [1.82, 2.24) is 5.32 Å². The van der Waals surface area contributed by atoms with Gasteiger partial charge >= 0.3 is 0 Å². The first-order valence-corrected chi connectivity index (χ1v) is 17.3. The molecule has 0 saturated heterocycles. The molecule has 0 aliphatic rings. The normalized spacial score (nSPS) is 11.2. The Hall–Kier alpha value is -1.31. The molecule has 0 aromatic carbocycles. The molecule has 0 aliphatic carbocycles. The monoisotopic (exact) mass is 563 g/mol. The fraction of sp³-hybridized carbons (Fsp3) is 0.816. The quantitative estimate of drug-likeness (QED) is 0.0842. The lowest BCUT2D eigenvalue weighted by Crippen LogP contribution is -2.23. The van der Waals surface area contributed by atoms with Crippen molar-refractivity contribution in [2.45, 2.75) is 204 Å². The zero-order valence-corrected chi connectivity index (χ0v) is 28.4. The highest BCUT2D eigenvalue weighted by molar-refractivity contribution is 6.09. The first kappa shape index (κ1) is 45.7. The number of rotatable bonds is 25. The fourth-order valence-corrected chi connectivity index (χ4v) is 4.38. The van der Waals surface area contributed by atoms with Gasteiger partial charge in [0.25, 0.3) is 0 Å². The molecular formula is C38H78N2. The second kappa shape index (κ2) is 37.7. The second-order valence-electron chi connectivity index (χ2n) is 11.0. The van der Waals surface area contributed by atoms with E-state index in [1.54, 1.807) is 0 Å². The van der Waals surface area contributed by atoms with Crippen LogP contribution in [0, 0.1) is 5.41 Å². The van der Waals surface area contributed by atoms with Crippen LogP contribution in [-0.2, 0) is 0 Å². The molecule has 2 nitrogen and oxygen atoms in total. The molecule has 0 amide bonds. The van der Waals surface area contributed by atoms with Crippen LogP contribution in [0.2, 0.25) is 0 Å². The van der Waals surface area contributed by atoms with Crippen molar-refractivity contribution in [3.8, 4) is 0 Å². The van der Waals surface area contributed by atoms with Gasteiger partial charge in [0.2, 0.25) is 0 Å². The summed E-state index contributed by atoms with van der Waals surface area (Å²) in [6, 6.07) is 0.579. The molecule has 0 aromatic rings. The zero-order valence-electron chi connectivity index (χ0n) is 28.4. The summed E-state index contributed by atoms with van der Waals surface area (Å²) in [5.41, 5.74) is 4.13. The van der Waals surface area contributed by atoms with Gasteiger partial charge in [0, 0.05) is 11.7 Å². The van der Waals surface area contributed by atoms with Gasteiger partial charge in [0.15, 0.2) is 0 Å². The van der Waals surface area contributed by atoms with Gasteiger partial charge in [-0.1, -0.05) is 165 Å². The van der Waals surface area contributed by atoms with Crippen molar-refractivity contribution in [2.24, 2.45) is 0 Å². The van der Waals surface area contributed by atoms with E-state index in [2.05, 4.69) is 66.1 Å². The predicted octanol–water partition coefficient (Wildman–Crippen LogP) is 13.9. The summed E-state index contributed by atoms with van der Waals surface area (Å²) in [5.74, 6) is 0. The van der Waals surface area contributed by atoms with Gasteiger partial charge in [-0.15, -0.1) is 0 Å². The highest BCUT2D eigenvalue weighted by atomic mass is 14.9. The van der Waals surface area contributed by atoms with Crippen molar-refractivity contribution in [3.05, 3.63) is 36.1 Å². The first-order valence-electron chi connectivity index (χ1n) is 17.3. The lowest BCUT2D eigenvalue weighted by atomic mass is 9.96. The summed E-state index contributed by atoms with van der Waals surface area (Å²) in [5, 5.41) is 11.6. The van der Waals surface area contributed by atoms with Gasteiger partial charge in [-0.3, -0.25) is 0 Å². The lowest BCUT2D eigenvalue weighted by molar-refractivity contribution is 0.540. The van der Waals surface area contributed by atoms with Gasteiger partial charge in [0.05, 0.1) is 5.71 Å². The number of hydrogen-bond donors (Lipinski definition) is 2. The van der Waals surface area contributed by atoms with Crippen LogP contribution in [0.3, 0.4) is 0 Å². The topological polar surface area (TPSA) is 35.9 Å². The van der Waals surface area contributed by atoms with Crippen LogP contribution in [0.1, 0.15) is 198 Å². The standard InChI is InChI=1S/C18H37N.C17H31N.C2H6.CH4/c1-5-7-8-9-10-11-12-13-14-15-16-18(4)19-17(3)6-2;1-5-8-10-11-12-13-15(4)17(18)16(7-3)14-9-6-2;1-2;/h17,19H,4-16H2,1-3H3;14,18H,4-13H2,1-3H3;1-2H3;1H4/b;16-14+,18-17?;;. The van der Waals surface area contributed by atoms with Crippen molar-refractivity contribution >= 4 is 5.71 Å². The number of allylic oxidation sites excluding steroid dienone is 4. The molecule has 1 atom stereocenters. The van der Waals surface area contributed by atoms with Gasteiger partial charge in [0.1, 0.15) is 0 Å². The molecule has 0 aliphatic heterocycles. The van der Waals surface area contributed by atoms with E-state index in [4.69, 9.17) is 5.41 Å². The molecule has 0 heterocycles. The maximum Gasteiger partial charge on any atom is 0.0594 e. The summed E-state index contributed by atoms with van der Waals surface area (Å²) in [6.45, 7) is 25.5. The summed E-state index contributed by atoms with van der Waals surface area (Å²) >= 11 is 0. The molecular weight excluding hydrogens is 484 g/mol. The van der Waals surface area contributed by atoms with Crippen LogP contribution in [0.15, 0.2) is 36.1 Å². The minimum absolute atomic E-state index is 0. The smallest absolute Gasteiger partial charge is 0.0594 e. The van der Waals surface area contributed by atoms with Crippen molar-refractivity contribution in [3.63, 3.8) is 0 Å². The summed E-state index contributed by atoms with van der Waals surface area (Å²) in [6.07, 6.45) is 29.2. The molecule has 2 N–H and O–H groups in total. The van der Waals surface area contributed by atoms with E-state index in [9.17, 15) is 0 Å². The molecule has 1 unspecified atom stereocenters. The molecule has 2 heteroatoms. The highest BCUT2D eigenvalue weighted by Crippen LogP contribution is 2.17. The van der Waals surface area contributed by atoms with E-state index in [-0.39, 0.29) is 7.43 Å². The summed E-state index contributed by atoms with van der Waals surface area (Å²) in [4.78, 5) is 0. The molecule has 0 aromatic heterocycles. The van der Waals surface area contributed by atoms with Crippen molar-refractivity contribution < 1.29 is 0 Å². The van der Waals surface area contributed by atoms with E-state index in [0.29, 0.717) is 11.8 Å². The van der Waals surface area contributed by atoms with Crippen LogP contribution >= 0.6 is 0 Å². The van der Waals surface area contributed by atoms with E-state index < -0.39 is 0 Å². The van der Waals surface area contributed by atoms with Gasteiger partial charge in [-0.2, -0.15) is 0 Å². The third kappa shape index (κ3) is 32.9. The predicted molar refractivity (Wildman–Crippen MR) is 190 cm³/mol. The molecule has 240 valence electrons. The maximum atomic E-state index is 8.18. The van der Waals surface area contributed by atoms with Crippen LogP contribution in [0.5, 0.6) is 0 Å². The van der Waals surface area contributed by atoms with E-state index >= 15 is 0 Å². The van der Waals surface area contributed by atoms with E-state index in [1.165, 1.54) is 114 Å². The molecule has 40 heavy (non-hydrogen) atoms. The average molecular weight is 563 g/mol. The third-order valence-electron chi connectivity index (χ3n) is 7.21. The van der Waals surface area contributed by atoms with Crippen molar-refractivity contribution in [1.29, 1.82) is 5.41 Å². The average Bonchev–Trinajstić information content (AvgIpc) is 2.95. The first-order chi connectivity index (χ1) is 18.9. The Morgan fingerprint density at radius 2 is 1.10 bits per heavy atom. The zero-order chi connectivity index (χ0) is 30.2. The maximum absolute atomic E-state index is 8.18. The van der Waals surface area contributed by atoms with Gasteiger partial charge in [-0.25, -0.2) is 0 Å². The summed E-state index contributed by atoms with van der Waals surface area (Å²) in [7, 11) is 0. The Bertz CT molecular complexity index is 572. The number of nitrogens with one attached hydrogen (secondary N) is 2. The Balaban J connectivity index is -0.000000298. The Kier molecular flexibility index (Phi) is 43.0. The molecule has 0 fully saturated rings. The van der Waals surface area contributed by atoms with Crippen LogP contribution in [0.4, 0.5) is 0 Å². The Labute approximate surface area is 255 Å². The molecule has 0 spiro atoms. The van der Waals surface area contributed by atoms with Gasteiger partial charge in [-0.05, 0) is 63.0 Å². The molecule has 0 saturated carbocycles. The minimum Gasteiger partial charge on any atom is -0.386 e. The SMILES string of the molecule is C.C=C(CCCCCCC)C(=N)/C(=C/CCC)CC.C=C(CCCCCCCCCCCC)NC(C)CC.CC. The highest BCUT2D eigenvalue weighted by Gasteiger charge is 2.07. The Morgan fingerprint density at radius 3 is 1.50 bits per heavy atom. The fourth-order valence-electron chi connectivity index (χ4n) is 4.38.